The molecule has 2 aromatic heterocycles. The minimum absolute atomic E-state index is 0.160. The van der Waals surface area contributed by atoms with Crippen LogP contribution in [0.3, 0.4) is 0 Å². The first-order chi connectivity index (χ1) is 11.6. The third-order valence-corrected chi connectivity index (χ3v) is 4.91. The highest BCUT2D eigenvalue weighted by atomic mass is 35.5. The number of fused-ring (bicyclic) bond motifs is 1. The number of hydrogen-bond acceptors (Lipinski definition) is 3. The van der Waals surface area contributed by atoms with Crippen molar-refractivity contribution in [2.75, 3.05) is 0 Å². The molecule has 1 saturated carbocycles. The number of nitrogens with one attached hydrogen (secondary N) is 1. The molecule has 1 N–H and O–H groups in total. The van der Waals surface area contributed by atoms with Crippen molar-refractivity contribution in [2.45, 2.75) is 38.1 Å². The van der Waals surface area contributed by atoms with E-state index < -0.39 is 0 Å². The zero-order chi connectivity index (χ0) is 16.7. The fraction of sp³-hybridized carbons (Fsp3) is 0.353. The average Bonchev–Trinajstić information content (AvgIpc) is 3.14. The molecule has 124 valence electrons. The van der Waals surface area contributed by atoms with Crippen molar-refractivity contribution >= 4 is 34.2 Å². The monoisotopic (exact) mass is 362 g/mol. The van der Waals surface area contributed by atoms with Crippen LogP contribution in [0.5, 0.6) is 0 Å². The quantitative estimate of drug-likeness (QED) is 0.761. The molecule has 0 unspecified atom stereocenters. The van der Waals surface area contributed by atoms with Gasteiger partial charge in [0.05, 0.1) is 12.2 Å². The summed E-state index contributed by atoms with van der Waals surface area (Å²) in [4.78, 5) is 19.8. The number of H-pyrrole nitrogens is 1. The summed E-state index contributed by atoms with van der Waals surface area (Å²) in [5.41, 5.74) is 1.41. The molecule has 1 aromatic carbocycles. The van der Waals surface area contributed by atoms with Crippen molar-refractivity contribution < 1.29 is 0 Å². The van der Waals surface area contributed by atoms with Crippen molar-refractivity contribution in [1.29, 1.82) is 0 Å². The molecule has 2 heterocycles. The van der Waals surface area contributed by atoms with Crippen LogP contribution in [0, 0.1) is 0 Å². The second kappa shape index (κ2) is 6.22. The van der Waals surface area contributed by atoms with Gasteiger partial charge in [0.2, 0.25) is 0 Å². The number of hydrogen-bond donors (Lipinski definition) is 1. The third-order valence-electron chi connectivity index (χ3n) is 4.48. The van der Waals surface area contributed by atoms with E-state index in [1.165, 1.54) is 12.8 Å². The van der Waals surface area contributed by atoms with Crippen LogP contribution < -0.4 is 5.56 Å². The predicted octanol–water partition coefficient (Wildman–Crippen LogP) is 4.13. The number of benzene rings is 1. The van der Waals surface area contributed by atoms with Gasteiger partial charge in [0.1, 0.15) is 11.2 Å². The Hall–Kier alpha value is -1.85. The molecule has 3 aromatic rings. The van der Waals surface area contributed by atoms with Crippen LogP contribution in [0.15, 0.2) is 29.2 Å². The molecule has 0 radical (unpaired) electrons. The number of halogens is 2. The Morgan fingerprint density at radius 1 is 1.17 bits per heavy atom. The van der Waals surface area contributed by atoms with Gasteiger partial charge in [-0.15, -0.1) is 0 Å². The summed E-state index contributed by atoms with van der Waals surface area (Å²) in [7, 11) is 0. The average molecular weight is 363 g/mol. The van der Waals surface area contributed by atoms with Crippen molar-refractivity contribution in [3.8, 4) is 0 Å². The summed E-state index contributed by atoms with van der Waals surface area (Å²) in [6.07, 6.45) is 6.64. The maximum Gasteiger partial charge on any atom is 0.262 e. The summed E-state index contributed by atoms with van der Waals surface area (Å²) in [5, 5.41) is 6.08. The summed E-state index contributed by atoms with van der Waals surface area (Å²) in [6, 6.07) is 5.67. The fourth-order valence-electron chi connectivity index (χ4n) is 3.39. The minimum atomic E-state index is -0.160. The van der Waals surface area contributed by atoms with Gasteiger partial charge >= 0.3 is 0 Å². The van der Waals surface area contributed by atoms with E-state index in [0.717, 1.165) is 18.4 Å². The normalized spacial score (nSPS) is 15.4. The summed E-state index contributed by atoms with van der Waals surface area (Å²) in [6.45, 7) is 0. The van der Waals surface area contributed by atoms with Crippen LogP contribution in [0.25, 0.3) is 11.0 Å². The molecule has 7 heteroatoms. The van der Waals surface area contributed by atoms with Crippen molar-refractivity contribution in [2.24, 2.45) is 0 Å². The summed E-state index contributed by atoms with van der Waals surface area (Å²) < 4.78 is 1.91. The lowest BCUT2D eigenvalue weighted by atomic mass is 10.1. The first-order valence-electron chi connectivity index (χ1n) is 8.01. The molecule has 1 aliphatic carbocycles. The lowest BCUT2D eigenvalue weighted by Gasteiger charge is -2.11. The minimum Gasteiger partial charge on any atom is -0.310 e. The van der Waals surface area contributed by atoms with Gasteiger partial charge < -0.3 is 4.98 Å². The predicted molar refractivity (Wildman–Crippen MR) is 94.9 cm³/mol. The summed E-state index contributed by atoms with van der Waals surface area (Å²) >= 11 is 12.1. The van der Waals surface area contributed by atoms with Gasteiger partial charge in [-0.3, -0.25) is 4.79 Å². The van der Waals surface area contributed by atoms with E-state index in [0.29, 0.717) is 39.4 Å². The molecule has 0 saturated heterocycles. The van der Waals surface area contributed by atoms with Gasteiger partial charge in [0.15, 0.2) is 5.65 Å². The lowest BCUT2D eigenvalue weighted by molar-refractivity contribution is 0.478. The van der Waals surface area contributed by atoms with Gasteiger partial charge in [-0.1, -0.05) is 36.0 Å². The Kier molecular flexibility index (Phi) is 4.06. The molecule has 1 fully saturated rings. The Bertz CT molecular complexity index is 937. The first kappa shape index (κ1) is 15.7. The van der Waals surface area contributed by atoms with Crippen LogP contribution >= 0.6 is 23.2 Å². The maximum absolute atomic E-state index is 12.4. The Morgan fingerprint density at radius 3 is 2.58 bits per heavy atom. The standard InChI is InChI=1S/C17H16Cl2N4O/c18-11-5-10(6-12(19)8-11)7-15-21-16-14(17(24)22-15)9-20-23(16)13-3-1-2-4-13/h5-6,8-9,13H,1-4,7H2,(H,21,22,24). The molecule has 0 spiro atoms. The summed E-state index contributed by atoms with van der Waals surface area (Å²) in [5.74, 6) is 0.589. The maximum atomic E-state index is 12.4. The van der Waals surface area contributed by atoms with Crippen molar-refractivity contribution in [1.82, 2.24) is 19.7 Å². The van der Waals surface area contributed by atoms with E-state index in [4.69, 9.17) is 23.2 Å². The Labute approximate surface area is 148 Å². The number of aromatic amines is 1. The second-order valence-electron chi connectivity index (χ2n) is 6.23. The molecular formula is C17H16Cl2N4O. The Morgan fingerprint density at radius 2 is 1.88 bits per heavy atom. The SMILES string of the molecule is O=c1[nH]c(Cc2cc(Cl)cc(Cl)c2)nc2c1cnn2C1CCCC1. The van der Waals surface area contributed by atoms with Gasteiger partial charge in [-0.25, -0.2) is 9.67 Å². The molecule has 24 heavy (non-hydrogen) atoms. The van der Waals surface area contributed by atoms with E-state index in [1.54, 1.807) is 12.3 Å². The molecule has 0 bridgehead atoms. The molecule has 0 aliphatic heterocycles. The highest BCUT2D eigenvalue weighted by Crippen LogP contribution is 2.30. The van der Waals surface area contributed by atoms with Crippen LogP contribution in [0.1, 0.15) is 43.1 Å². The van der Waals surface area contributed by atoms with Crippen LogP contribution in [-0.2, 0) is 6.42 Å². The highest BCUT2D eigenvalue weighted by Gasteiger charge is 2.21. The molecule has 5 nitrogen and oxygen atoms in total. The van der Waals surface area contributed by atoms with E-state index in [2.05, 4.69) is 15.1 Å². The van der Waals surface area contributed by atoms with E-state index in [1.807, 2.05) is 16.8 Å². The smallest absolute Gasteiger partial charge is 0.262 e. The number of aromatic nitrogens is 4. The van der Waals surface area contributed by atoms with Crippen LogP contribution in [0.2, 0.25) is 10.0 Å². The second-order valence-corrected chi connectivity index (χ2v) is 7.10. The Balaban J connectivity index is 1.75. The van der Waals surface area contributed by atoms with Crippen LogP contribution in [-0.4, -0.2) is 19.7 Å². The van der Waals surface area contributed by atoms with Crippen molar-refractivity contribution in [3.05, 3.63) is 56.2 Å². The molecular weight excluding hydrogens is 347 g/mol. The zero-order valence-corrected chi connectivity index (χ0v) is 14.4. The highest BCUT2D eigenvalue weighted by molar-refractivity contribution is 6.34. The van der Waals surface area contributed by atoms with Crippen molar-refractivity contribution in [3.63, 3.8) is 0 Å². The van der Waals surface area contributed by atoms with E-state index >= 15 is 0 Å². The first-order valence-corrected chi connectivity index (χ1v) is 8.77. The molecule has 4 rings (SSSR count). The van der Waals surface area contributed by atoms with Crippen LogP contribution in [0.4, 0.5) is 0 Å². The fourth-order valence-corrected chi connectivity index (χ4v) is 3.96. The third kappa shape index (κ3) is 2.94. The van der Waals surface area contributed by atoms with Gasteiger partial charge in [-0.2, -0.15) is 5.10 Å². The largest absolute Gasteiger partial charge is 0.310 e. The zero-order valence-electron chi connectivity index (χ0n) is 12.9. The van der Waals surface area contributed by atoms with Gasteiger partial charge in [0, 0.05) is 16.5 Å². The van der Waals surface area contributed by atoms with E-state index in [9.17, 15) is 4.79 Å². The lowest BCUT2D eigenvalue weighted by Crippen LogP contribution is -2.14. The van der Waals surface area contributed by atoms with Gasteiger partial charge in [-0.05, 0) is 36.6 Å². The topological polar surface area (TPSA) is 63.6 Å². The molecule has 1 aliphatic rings. The van der Waals surface area contributed by atoms with Gasteiger partial charge in [0.25, 0.3) is 5.56 Å². The molecule has 0 amide bonds. The molecule has 0 atom stereocenters. The van der Waals surface area contributed by atoms with E-state index in [-0.39, 0.29) is 5.56 Å². The number of rotatable bonds is 3. The number of nitrogens with zero attached hydrogens (tertiary/aromatic N) is 3.